The van der Waals surface area contributed by atoms with Crippen LogP contribution in [0.2, 0.25) is 0 Å². The molecule has 6 nitrogen and oxygen atoms in total. The van der Waals surface area contributed by atoms with Gasteiger partial charge in [0.1, 0.15) is 0 Å². The van der Waals surface area contributed by atoms with E-state index in [4.69, 9.17) is 0 Å². The van der Waals surface area contributed by atoms with Crippen molar-refractivity contribution in [3.8, 4) is 0 Å². The van der Waals surface area contributed by atoms with Gasteiger partial charge in [0.15, 0.2) is 0 Å². The highest BCUT2D eigenvalue weighted by Crippen LogP contribution is 2.40. The number of nitro groups is 1. The summed E-state index contributed by atoms with van der Waals surface area (Å²) >= 11 is 1.23. The average molecular weight is 430 g/mol. The number of nitro benzene ring substituents is 1. The monoisotopic (exact) mass is 430 g/mol. The van der Waals surface area contributed by atoms with Gasteiger partial charge in [-0.25, -0.2) is 0 Å². The molecule has 0 saturated carbocycles. The highest BCUT2D eigenvalue weighted by atomic mass is 32.2. The molecule has 7 heteroatoms. The van der Waals surface area contributed by atoms with Crippen LogP contribution in [0, 0.1) is 17.0 Å². The lowest BCUT2D eigenvalue weighted by atomic mass is 10.1. The number of carbonyl (C=O) groups excluding carboxylic acids is 2. The third-order valence-electron chi connectivity index (χ3n) is 4.92. The highest BCUT2D eigenvalue weighted by molar-refractivity contribution is 8.04. The Hall–Kier alpha value is -3.71. The van der Waals surface area contributed by atoms with Crippen molar-refractivity contribution in [3.05, 3.63) is 111 Å². The van der Waals surface area contributed by atoms with E-state index in [2.05, 4.69) is 0 Å². The number of aryl methyl sites for hydroxylation is 1. The number of carbonyl (C=O) groups is 2. The molecule has 3 aromatic carbocycles. The van der Waals surface area contributed by atoms with Crippen LogP contribution in [0.25, 0.3) is 5.57 Å². The second kappa shape index (κ2) is 8.57. The van der Waals surface area contributed by atoms with Crippen LogP contribution in [0.5, 0.6) is 0 Å². The zero-order valence-corrected chi connectivity index (χ0v) is 17.5. The number of imide groups is 1. The molecule has 0 saturated heterocycles. The average Bonchev–Trinajstić information content (AvgIpc) is 3.00. The third-order valence-corrected chi connectivity index (χ3v) is 6.01. The summed E-state index contributed by atoms with van der Waals surface area (Å²) in [7, 11) is 0. The van der Waals surface area contributed by atoms with Crippen molar-refractivity contribution < 1.29 is 14.5 Å². The van der Waals surface area contributed by atoms with E-state index in [-0.39, 0.29) is 23.7 Å². The third kappa shape index (κ3) is 4.27. The summed E-state index contributed by atoms with van der Waals surface area (Å²) in [5, 5.41) is 11.0. The van der Waals surface area contributed by atoms with Crippen molar-refractivity contribution in [3.63, 3.8) is 0 Å². The van der Waals surface area contributed by atoms with Crippen LogP contribution in [0.3, 0.4) is 0 Å². The van der Waals surface area contributed by atoms with Crippen LogP contribution in [-0.2, 0) is 16.1 Å². The van der Waals surface area contributed by atoms with Gasteiger partial charge in [0.05, 0.1) is 21.9 Å². The molecule has 31 heavy (non-hydrogen) atoms. The van der Waals surface area contributed by atoms with Gasteiger partial charge >= 0.3 is 0 Å². The maximum absolute atomic E-state index is 13.3. The van der Waals surface area contributed by atoms with Crippen LogP contribution in [0.15, 0.2) is 88.7 Å². The molecule has 1 aliphatic rings. The van der Waals surface area contributed by atoms with Crippen LogP contribution < -0.4 is 0 Å². The Bertz CT molecular complexity index is 1190. The first-order chi connectivity index (χ1) is 14.9. The minimum atomic E-state index is -0.497. The number of rotatable bonds is 6. The molecule has 0 bridgehead atoms. The minimum absolute atomic E-state index is 0.0742. The topological polar surface area (TPSA) is 80.5 Å². The molecule has 2 amide bonds. The Labute approximate surface area is 183 Å². The summed E-state index contributed by atoms with van der Waals surface area (Å²) in [5.74, 6) is -0.773. The Kier molecular flexibility index (Phi) is 5.68. The molecule has 0 atom stereocenters. The lowest BCUT2D eigenvalue weighted by Gasteiger charge is -2.15. The first-order valence-corrected chi connectivity index (χ1v) is 10.4. The fraction of sp³-hybridized carbons (Fsp3) is 0.0833. The van der Waals surface area contributed by atoms with Crippen LogP contribution in [0.4, 0.5) is 5.69 Å². The molecular formula is C24H18N2O4S. The normalized spacial score (nSPS) is 13.8. The van der Waals surface area contributed by atoms with Crippen molar-refractivity contribution in [2.24, 2.45) is 0 Å². The van der Waals surface area contributed by atoms with Crippen molar-refractivity contribution in [1.82, 2.24) is 4.90 Å². The van der Waals surface area contributed by atoms with Gasteiger partial charge in [0.2, 0.25) is 0 Å². The molecule has 0 radical (unpaired) electrons. The van der Waals surface area contributed by atoms with E-state index in [1.165, 1.54) is 40.9 Å². The van der Waals surface area contributed by atoms with Gasteiger partial charge < -0.3 is 0 Å². The first kappa shape index (κ1) is 20.6. The standard InChI is InChI=1S/C24H18N2O4S/c1-16-7-9-17(10-8-16)15-25-23(27)21(18-11-13-19(14-12-18)26(29)30)22(24(25)28)31-20-5-3-2-4-6-20/h2-14H,15H2,1H3. The first-order valence-electron chi connectivity index (χ1n) is 9.58. The molecule has 154 valence electrons. The SMILES string of the molecule is Cc1ccc(CN2C(=O)C(Sc3ccccc3)=C(c3ccc([N+](=O)[O-])cc3)C2=O)cc1. The molecule has 0 fully saturated rings. The molecule has 0 unspecified atom stereocenters. The van der Waals surface area contributed by atoms with E-state index >= 15 is 0 Å². The van der Waals surface area contributed by atoms with Crippen molar-refractivity contribution in [1.29, 1.82) is 0 Å². The van der Waals surface area contributed by atoms with Crippen molar-refractivity contribution >= 4 is 34.8 Å². The summed E-state index contributed by atoms with van der Waals surface area (Å²) in [4.78, 5) is 39.4. The van der Waals surface area contributed by atoms with Gasteiger partial charge in [0, 0.05) is 17.0 Å². The van der Waals surface area contributed by atoms with E-state index < -0.39 is 10.8 Å². The summed E-state index contributed by atoms with van der Waals surface area (Å²) < 4.78 is 0. The van der Waals surface area contributed by atoms with Gasteiger partial charge in [-0.2, -0.15) is 0 Å². The molecule has 1 heterocycles. The molecule has 0 spiro atoms. The maximum Gasteiger partial charge on any atom is 0.269 e. The molecule has 4 rings (SSSR count). The quantitative estimate of drug-likeness (QED) is 0.313. The predicted molar refractivity (Wildman–Crippen MR) is 119 cm³/mol. The molecule has 3 aromatic rings. The number of hydrogen-bond donors (Lipinski definition) is 0. The Morgan fingerprint density at radius 2 is 1.52 bits per heavy atom. The van der Waals surface area contributed by atoms with Gasteiger partial charge in [-0.15, -0.1) is 0 Å². The number of amides is 2. The smallest absolute Gasteiger partial charge is 0.269 e. The molecular weight excluding hydrogens is 412 g/mol. The minimum Gasteiger partial charge on any atom is -0.269 e. The molecule has 0 N–H and O–H groups in total. The number of thioether (sulfide) groups is 1. The second-order valence-electron chi connectivity index (χ2n) is 7.11. The number of hydrogen-bond acceptors (Lipinski definition) is 5. The van der Waals surface area contributed by atoms with E-state index in [0.717, 1.165) is 16.0 Å². The summed E-state index contributed by atoms with van der Waals surface area (Å²) in [5.41, 5.74) is 2.61. The van der Waals surface area contributed by atoms with E-state index in [1.54, 1.807) is 0 Å². The fourth-order valence-electron chi connectivity index (χ4n) is 3.28. The van der Waals surface area contributed by atoms with Gasteiger partial charge in [-0.1, -0.05) is 59.8 Å². The molecule has 1 aliphatic heterocycles. The number of nitrogens with zero attached hydrogens (tertiary/aromatic N) is 2. The largest absolute Gasteiger partial charge is 0.269 e. The van der Waals surface area contributed by atoms with Gasteiger partial charge in [-0.05, 0) is 42.3 Å². The summed E-state index contributed by atoms with van der Waals surface area (Å²) in [6.45, 7) is 2.13. The highest BCUT2D eigenvalue weighted by Gasteiger charge is 2.39. The Morgan fingerprint density at radius 3 is 2.13 bits per heavy atom. The Balaban J connectivity index is 1.73. The Morgan fingerprint density at radius 1 is 0.871 bits per heavy atom. The zero-order valence-electron chi connectivity index (χ0n) is 16.6. The van der Waals surface area contributed by atoms with Crippen molar-refractivity contribution in [2.45, 2.75) is 18.4 Å². The van der Waals surface area contributed by atoms with Crippen LogP contribution in [0.1, 0.15) is 16.7 Å². The number of non-ortho nitro benzene ring substituents is 1. The second-order valence-corrected chi connectivity index (χ2v) is 8.19. The van der Waals surface area contributed by atoms with E-state index in [1.807, 2.05) is 61.5 Å². The van der Waals surface area contributed by atoms with Crippen LogP contribution >= 0.6 is 11.8 Å². The molecule has 0 aromatic heterocycles. The lowest BCUT2D eigenvalue weighted by Crippen LogP contribution is -2.30. The predicted octanol–water partition coefficient (Wildman–Crippen LogP) is 4.98. The maximum atomic E-state index is 13.3. The summed E-state index contributed by atoms with van der Waals surface area (Å²) in [6, 6.07) is 22.7. The zero-order chi connectivity index (χ0) is 22.0. The van der Waals surface area contributed by atoms with E-state index in [0.29, 0.717) is 10.5 Å². The van der Waals surface area contributed by atoms with Crippen molar-refractivity contribution in [2.75, 3.05) is 0 Å². The van der Waals surface area contributed by atoms with Gasteiger partial charge in [-0.3, -0.25) is 24.6 Å². The number of benzene rings is 3. The summed E-state index contributed by atoms with van der Waals surface area (Å²) in [6.07, 6.45) is 0. The lowest BCUT2D eigenvalue weighted by molar-refractivity contribution is -0.384. The van der Waals surface area contributed by atoms with E-state index in [9.17, 15) is 19.7 Å². The van der Waals surface area contributed by atoms with Crippen LogP contribution in [-0.4, -0.2) is 21.6 Å². The molecule has 0 aliphatic carbocycles. The van der Waals surface area contributed by atoms with Gasteiger partial charge in [0.25, 0.3) is 17.5 Å². The fourth-order valence-corrected chi connectivity index (χ4v) is 4.31.